The number of hydrogen-bond donors (Lipinski definition) is 2. The normalized spacial score (nSPS) is 18.5. The van der Waals surface area contributed by atoms with E-state index in [2.05, 4.69) is 15.7 Å². The third kappa shape index (κ3) is 4.48. The summed E-state index contributed by atoms with van der Waals surface area (Å²) < 4.78 is 12.9. The Bertz CT molecular complexity index is 806. The van der Waals surface area contributed by atoms with Gasteiger partial charge in [-0.2, -0.15) is 5.10 Å². The van der Waals surface area contributed by atoms with Crippen molar-refractivity contribution in [2.24, 2.45) is 0 Å². The van der Waals surface area contributed by atoms with Crippen molar-refractivity contribution in [3.05, 3.63) is 40.7 Å². The second-order valence-electron chi connectivity index (χ2n) is 6.47. The van der Waals surface area contributed by atoms with Gasteiger partial charge in [0, 0.05) is 19.3 Å². The second-order valence-corrected chi connectivity index (χ2v) is 6.87. The zero-order valence-electron chi connectivity index (χ0n) is 14.7. The monoisotopic (exact) mass is 412 g/mol. The average Bonchev–Trinajstić information content (AvgIpc) is 3.17. The maximum Gasteiger partial charge on any atom is 0.272 e. The predicted molar refractivity (Wildman–Crippen MR) is 104 cm³/mol. The Labute approximate surface area is 168 Å². The minimum absolute atomic E-state index is 0. The Morgan fingerprint density at radius 3 is 3.04 bits per heavy atom. The van der Waals surface area contributed by atoms with Crippen molar-refractivity contribution in [2.45, 2.75) is 25.4 Å². The molecule has 4 rings (SSSR count). The highest BCUT2D eigenvalue weighted by molar-refractivity contribution is 6.32. The Kier molecular flexibility index (Phi) is 6.46. The van der Waals surface area contributed by atoms with Crippen LogP contribution in [-0.2, 0) is 6.54 Å². The molecule has 7 nitrogen and oxygen atoms in total. The van der Waals surface area contributed by atoms with Gasteiger partial charge in [0.2, 0.25) is 0 Å². The molecular weight excluding hydrogens is 391 g/mol. The van der Waals surface area contributed by atoms with Crippen LogP contribution < -0.4 is 20.1 Å². The SMILES string of the molecule is Cl.O=C(NCc1cc(Cl)c2c(c1)OCCO2)c1ccn(C2CCCNC2)n1. The van der Waals surface area contributed by atoms with E-state index in [4.69, 9.17) is 21.1 Å². The number of halogens is 2. The molecule has 2 aliphatic heterocycles. The van der Waals surface area contributed by atoms with E-state index in [1.54, 1.807) is 12.1 Å². The van der Waals surface area contributed by atoms with Gasteiger partial charge in [0.15, 0.2) is 11.5 Å². The maximum absolute atomic E-state index is 12.4. The molecular formula is C18H22Cl2N4O3. The Hall–Kier alpha value is -1.96. The van der Waals surface area contributed by atoms with Crippen LogP contribution in [0.4, 0.5) is 0 Å². The Morgan fingerprint density at radius 2 is 2.22 bits per heavy atom. The summed E-state index contributed by atoms with van der Waals surface area (Å²) >= 11 is 6.23. The summed E-state index contributed by atoms with van der Waals surface area (Å²) in [5, 5.41) is 11.1. The average molecular weight is 413 g/mol. The zero-order valence-corrected chi connectivity index (χ0v) is 16.3. The van der Waals surface area contributed by atoms with Crippen LogP contribution in [0.2, 0.25) is 5.02 Å². The van der Waals surface area contributed by atoms with Crippen LogP contribution in [0.3, 0.4) is 0 Å². The van der Waals surface area contributed by atoms with E-state index in [1.165, 1.54) is 0 Å². The van der Waals surface area contributed by atoms with Crippen molar-refractivity contribution in [1.29, 1.82) is 0 Å². The molecule has 0 aliphatic carbocycles. The fraction of sp³-hybridized carbons (Fsp3) is 0.444. The van der Waals surface area contributed by atoms with Gasteiger partial charge < -0.3 is 20.1 Å². The van der Waals surface area contributed by atoms with Crippen molar-refractivity contribution in [3.8, 4) is 11.5 Å². The van der Waals surface area contributed by atoms with Crippen molar-refractivity contribution >= 4 is 29.9 Å². The molecule has 2 N–H and O–H groups in total. The number of fused-ring (bicyclic) bond motifs is 1. The summed E-state index contributed by atoms with van der Waals surface area (Å²) in [6.07, 6.45) is 4.07. The summed E-state index contributed by atoms with van der Waals surface area (Å²) in [6, 6.07) is 5.68. The van der Waals surface area contributed by atoms with E-state index >= 15 is 0 Å². The number of nitrogens with one attached hydrogen (secondary N) is 2. The number of rotatable bonds is 4. The molecule has 0 bridgehead atoms. The third-order valence-corrected chi connectivity index (χ3v) is 4.88. The van der Waals surface area contributed by atoms with Crippen LogP contribution in [0.1, 0.15) is 34.9 Å². The van der Waals surface area contributed by atoms with Gasteiger partial charge in [-0.05, 0) is 43.1 Å². The molecule has 1 fully saturated rings. The number of benzene rings is 1. The first-order valence-corrected chi connectivity index (χ1v) is 9.20. The lowest BCUT2D eigenvalue weighted by Gasteiger charge is -2.22. The van der Waals surface area contributed by atoms with Gasteiger partial charge in [-0.25, -0.2) is 0 Å². The molecule has 146 valence electrons. The molecule has 9 heteroatoms. The van der Waals surface area contributed by atoms with Gasteiger partial charge in [0.25, 0.3) is 5.91 Å². The van der Waals surface area contributed by atoms with Crippen molar-refractivity contribution in [1.82, 2.24) is 20.4 Å². The number of carbonyl (C=O) groups is 1. The number of carbonyl (C=O) groups excluding carboxylic acids is 1. The molecule has 1 aromatic heterocycles. The Morgan fingerprint density at radius 1 is 1.37 bits per heavy atom. The quantitative estimate of drug-likeness (QED) is 0.806. The van der Waals surface area contributed by atoms with Crippen molar-refractivity contribution in [2.75, 3.05) is 26.3 Å². The fourth-order valence-electron chi connectivity index (χ4n) is 3.26. The number of nitrogens with zero attached hydrogens (tertiary/aromatic N) is 2. The smallest absolute Gasteiger partial charge is 0.272 e. The lowest BCUT2D eigenvalue weighted by Crippen LogP contribution is -2.32. The first kappa shape index (κ1) is 19.8. The topological polar surface area (TPSA) is 77.4 Å². The lowest BCUT2D eigenvalue weighted by atomic mass is 10.1. The molecule has 3 heterocycles. The minimum atomic E-state index is -0.210. The molecule has 2 aromatic rings. The first-order chi connectivity index (χ1) is 12.7. The number of hydrogen-bond acceptors (Lipinski definition) is 5. The van der Waals surface area contributed by atoms with E-state index in [9.17, 15) is 4.79 Å². The molecule has 2 aliphatic rings. The summed E-state index contributed by atoms with van der Waals surface area (Å²) in [7, 11) is 0. The highest BCUT2D eigenvalue weighted by Gasteiger charge is 2.19. The molecule has 1 unspecified atom stereocenters. The predicted octanol–water partition coefficient (Wildman–Crippen LogP) is 2.58. The van der Waals surface area contributed by atoms with Gasteiger partial charge >= 0.3 is 0 Å². The highest BCUT2D eigenvalue weighted by atomic mass is 35.5. The zero-order chi connectivity index (χ0) is 17.9. The summed E-state index contributed by atoms with van der Waals surface area (Å²) in [5.41, 5.74) is 1.27. The highest BCUT2D eigenvalue weighted by Crippen LogP contribution is 2.38. The lowest BCUT2D eigenvalue weighted by molar-refractivity contribution is 0.0944. The molecule has 0 radical (unpaired) electrons. The van der Waals surface area contributed by atoms with Gasteiger partial charge in [-0.15, -0.1) is 12.4 Å². The minimum Gasteiger partial charge on any atom is -0.486 e. The summed E-state index contributed by atoms with van der Waals surface area (Å²) in [6.45, 7) is 3.25. The van der Waals surface area contributed by atoms with E-state index in [0.29, 0.717) is 48.0 Å². The molecule has 1 atom stereocenters. The van der Waals surface area contributed by atoms with E-state index < -0.39 is 0 Å². The van der Waals surface area contributed by atoms with Crippen LogP contribution >= 0.6 is 24.0 Å². The van der Waals surface area contributed by atoms with Gasteiger partial charge in [-0.1, -0.05) is 11.6 Å². The van der Waals surface area contributed by atoms with Crippen LogP contribution in [0.5, 0.6) is 11.5 Å². The number of amides is 1. The largest absolute Gasteiger partial charge is 0.486 e. The van der Waals surface area contributed by atoms with E-state index in [-0.39, 0.29) is 18.3 Å². The summed E-state index contributed by atoms with van der Waals surface area (Å²) in [5.74, 6) is 0.966. The molecule has 1 aromatic carbocycles. The standard InChI is InChI=1S/C18H21ClN4O3.ClH/c19-14-8-12(9-16-17(14)26-7-6-25-16)10-21-18(24)15-3-5-23(22-15)13-2-1-4-20-11-13;/h3,5,8-9,13,20H,1-2,4,6-7,10-11H2,(H,21,24);1H. The fourth-order valence-corrected chi connectivity index (χ4v) is 3.55. The molecule has 0 spiro atoms. The van der Waals surface area contributed by atoms with Crippen molar-refractivity contribution < 1.29 is 14.3 Å². The van der Waals surface area contributed by atoms with Crippen LogP contribution in [0, 0.1) is 0 Å². The maximum atomic E-state index is 12.4. The van der Waals surface area contributed by atoms with Crippen LogP contribution in [0.15, 0.2) is 24.4 Å². The third-order valence-electron chi connectivity index (χ3n) is 4.60. The summed E-state index contributed by atoms with van der Waals surface area (Å²) in [4.78, 5) is 12.4. The molecule has 0 saturated carbocycles. The number of aromatic nitrogens is 2. The second kappa shape index (κ2) is 8.82. The van der Waals surface area contributed by atoms with Gasteiger partial charge in [0.05, 0.1) is 11.1 Å². The number of piperidine rings is 1. The van der Waals surface area contributed by atoms with E-state index in [0.717, 1.165) is 31.5 Å². The van der Waals surface area contributed by atoms with Crippen LogP contribution in [0.25, 0.3) is 0 Å². The number of ether oxygens (including phenoxy) is 2. The van der Waals surface area contributed by atoms with Crippen molar-refractivity contribution in [3.63, 3.8) is 0 Å². The Balaban J connectivity index is 0.00000210. The van der Waals surface area contributed by atoms with Gasteiger partial charge in [0.1, 0.15) is 18.9 Å². The molecule has 1 amide bonds. The van der Waals surface area contributed by atoms with Gasteiger partial charge in [-0.3, -0.25) is 9.48 Å². The molecule has 1 saturated heterocycles. The molecule has 27 heavy (non-hydrogen) atoms. The van der Waals surface area contributed by atoms with E-state index in [1.807, 2.05) is 16.9 Å². The van der Waals surface area contributed by atoms with Crippen LogP contribution in [-0.4, -0.2) is 42.0 Å². The first-order valence-electron chi connectivity index (χ1n) is 8.83.